The van der Waals surface area contributed by atoms with Gasteiger partial charge in [-0.1, -0.05) is 266 Å². The van der Waals surface area contributed by atoms with E-state index in [-0.39, 0.29) is 10.8 Å². The van der Waals surface area contributed by atoms with Crippen LogP contribution in [0.5, 0.6) is 5.75 Å². The number of phenols is 1. The van der Waals surface area contributed by atoms with Crippen LogP contribution in [-0.2, 0) is 24.4 Å². The van der Waals surface area contributed by atoms with E-state index in [1.54, 1.807) is 0 Å². The second kappa shape index (κ2) is 37.4. The van der Waals surface area contributed by atoms with E-state index in [1.807, 2.05) is 18.2 Å². The zero-order valence-electron chi connectivity index (χ0n) is 38.4. The maximum Gasteiger partial charge on any atom is 0.319 e. The molecule has 0 heterocycles. The SMILES string of the molecule is CC(C)(C)c1cccc(C(C)(C)C)c1O.CCCCCCCCCCCCCCCCCCO[PH](=O)OCCCCCCCCCCCCCCCCCC. The molecule has 1 rings (SSSR count). The minimum absolute atomic E-state index is 0.00859. The van der Waals surface area contributed by atoms with Crippen molar-refractivity contribution in [3.63, 3.8) is 0 Å². The molecule has 5 heteroatoms. The Balaban J connectivity index is 0.00000161. The van der Waals surface area contributed by atoms with Gasteiger partial charge < -0.3 is 14.2 Å². The Morgan fingerprint density at radius 3 is 0.855 bits per heavy atom. The average Bonchev–Trinajstić information content (AvgIpc) is 3.13. The van der Waals surface area contributed by atoms with Crippen molar-refractivity contribution in [2.75, 3.05) is 13.2 Å². The highest BCUT2D eigenvalue weighted by atomic mass is 31.1. The third-order valence-electron chi connectivity index (χ3n) is 11.1. The Hall–Kier alpha value is -0.830. The lowest BCUT2D eigenvalue weighted by molar-refractivity contribution is 0.218. The smallest absolute Gasteiger partial charge is 0.319 e. The minimum atomic E-state index is -2.28. The molecule has 0 saturated carbocycles. The molecule has 4 nitrogen and oxygen atoms in total. The molecular weight excluding hydrogens is 696 g/mol. The third-order valence-corrected chi connectivity index (χ3v) is 12.0. The largest absolute Gasteiger partial charge is 0.507 e. The standard InChI is InChI=1S/C36H75O3P.C14H22O/c1-3-5-7-9-11-13-15-17-19-21-23-25-27-29-31-33-35-38-40(37)39-36-34-32-30-28-26-24-22-20-18-16-14-12-10-8-6-4-2;1-13(2,3)10-8-7-9-11(12(10)15)14(4,5)6/h40H,3-36H2,1-2H3;7-9,15H,1-6H3. The summed E-state index contributed by atoms with van der Waals surface area (Å²) in [6.07, 6.45) is 43.7. The summed E-state index contributed by atoms with van der Waals surface area (Å²) < 4.78 is 22.7. The van der Waals surface area contributed by atoms with E-state index in [4.69, 9.17) is 9.05 Å². The second-order valence-corrected chi connectivity index (χ2v) is 19.8. The van der Waals surface area contributed by atoms with E-state index in [9.17, 15) is 9.67 Å². The van der Waals surface area contributed by atoms with Crippen molar-refractivity contribution in [1.29, 1.82) is 0 Å². The van der Waals surface area contributed by atoms with Crippen molar-refractivity contribution in [3.8, 4) is 5.75 Å². The van der Waals surface area contributed by atoms with Gasteiger partial charge in [-0.05, 0) is 34.8 Å². The molecule has 326 valence electrons. The van der Waals surface area contributed by atoms with Gasteiger partial charge in [-0.2, -0.15) is 0 Å². The van der Waals surface area contributed by atoms with Crippen LogP contribution in [0.2, 0.25) is 0 Å². The fourth-order valence-corrected chi connectivity index (χ4v) is 8.11. The van der Waals surface area contributed by atoms with Gasteiger partial charge in [0.1, 0.15) is 5.75 Å². The Bertz CT molecular complexity index is 907. The van der Waals surface area contributed by atoms with Crippen LogP contribution in [0.25, 0.3) is 0 Å². The van der Waals surface area contributed by atoms with Crippen molar-refractivity contribution >= 4 is 8.25 Å². The molecule has 1 aromatic carbocycles. The van der Waals surface area contributed by atoms with Crippen molar-refractivity contribution in [3.05, 3.63) is 29.3 Å². The zero-order valence-corrected chi connectivity index (χ0v) is 39.4. The van der Waals surface area contributed by atoms with Crippen LogP contribution in [0.4, 0.5) is 0 Å². The summed E-state index contributed by atoms with van der Waals surface area (Å²) in [4.78, 5) is 0. The lowest BCUT2D eigenvalue weighted by Crippen LogP contribution is -2.16. The van der Waals surface area contributed by atoms with Crippen LogP contribution < -0.4 is 0 Å². The first-order chi connectivity index (χ1) is 26.4. The van der Waals surface area contributed by atoms with E-state index in [0.717, 1.165) is 24.0 Å². The molecule has 0 amide bonds. The van der Waals surface area contributed by atoms with Gasteiger partial charge in [-0.3, -0.25) is 4.57 Å². The fourth-order valence-electron chi connectivity index (χ4n) is 7.41. The summed E-state index contributed by atoms with van der Waals surface area (Å²) in [5, 5.41) is 10.3. The van der Waals surface area contributed by atoms with Crippen molar-refractivity contribution in [2.45, 2.75) is 272 Å². The molecule has 0 atom stereocenters. The molecule has 0 saturated heterocycles. The van der Waals surface area contributed by atoms with E-state index < -0.39 is 8.25 Å². The summed E-state index contributed by atoms with van der Waals surface area (Å²) in [6.45, 7) is 18.5. The highest BCUT2D eigenvalue weighted by Crippen LogP contribution is 2.38. The van der Waals surface area contributed by atoms with Gasteiger partial charge >= 0.3 is 8.25 Å². The Morgan fingerprint density at radius 2 is 0.636 bits per heavy atom. The minimum Gasteiger partial charge on any atom is -0.507 e. The van der Waals surface area contributed by atoms with Crippen molar-refractivity contribution < 1.29 is 18.7 Å². The van der Waals surface area contributed by atoms with Crippen LogP contribution in [-0.4, -0.2) is 18.3 Å². The number of aromatic hydroxyl groups is 1. The van der Waals surface area contributed by atoms with Gasteiger partial charge in [0.15, 0.2) is 0 Å². The number of unbranched alkanes of at least 4 members (excludes halogenated alkanes) is 30. The molecule has 55 heavy (non-hydrogen) atoms. The molecular formula is C50H97O4P. The summed E-state index contributed by atoms with van der Waals surface area (Å²) in [5.41, 5.74) is 2.03. The summed E-state index contributed by atoms with van der Waals surface area (Å²) in [7, 11) is -2.28. The molecule has 0 radical (unpaired) electrons. The highest BCUT2D eigenvalue weighted by Gasteiger charge is 2.24. The number of phenolic OH excluding ortho intramolecular Hbond substituents is 1. The van der Waals surface area contributed by atoms with Crippen LogP contribution in [0.15, 0.2) is 18.2 Å². The van der Waals surface area contributed by atoms with Gasteiger partial charge in [0.25, 0.3) is 0 Å². The quantitative estimate of drug-likeness (QED) is 0.0543. The normalized spacial score (nSPS) is 12.0. The van der Waals surface area contributed by atoms with Crippen LogP contribution in [0.1, 0.15) is 272 Å². The predicted molar refractivity (Wildman–Crippen MR) is 246 cm³/mol. The first kappa shape index (κ1) is 54.2. The fraction of sp³-hybridized carbons (Fsp3) is 0.880. The third kappa shape index (κ3) is 34.9. The average molecular weight is 793 g/mol. The van der Waals surface area contributed by atoms with Crippen molar-refractivity contribution in [1.82, 2.24) is 0 Å². The lowest BCUT2D eigenvalue weighted by Gasteiger charge is -2.26. The monoisotopic (exact) mass is 793 g/mol. The van der Waals surface area contributed by atoms with Gasteiger partial charge in [-0.15, -0.1) is 0 Å². The Morgan fingerprint density at radius 1 is 0.418 bits per heavy atom. The number of para-hydroxylation sites is 1. The van der Waals surface area contributed by atoms with Crippen LogP contribution >= 0.6 is 8.25 Å². The first-order valence-electron chi connectivity index (χ1n) is 24.1. The van der Waals surface area contributed by atoms with E-state index >= 15 is 0 Å². The molecule has 0 spiro atoms. The molecule has 0 fully saturated rings. The molecule has 0 aliphatic heterocycles. The van der Waals surface area contributed by atoms with Crippen LogP contribution in [0.3, 0.4) is 0 Å². The molecule has 1 N–H and O–H groups in total. The van der Waals surface area contributed by atoms with Gasteiger partial charge in [0, 0.05) is 0 Å². The second-order valence-electron chi connectivity index (χ2n) is 18.8. The summed E-state index contributed by atoms with van der Waals surface area (Å²) in [5.74, 6) is 0.456. The number of hydrogen-bond acceptors (Lipinski definition) is 4. The molecule has 0 aromatic heterocycles. The first-order valence-corrected chi connectivity index (χ1v) is 25.3. The topological polar surface area (TPSA) is 55.8 Å². The lowest BCUT2D eigenvalue weighted by atomic mass is 9.80. The Labute approximate surface area is 345 Å². The molecule has 0 aliphatic rings. The molecule has 0 unspecified atom stereocenters. The maximum absolute atomic E-state index is 11.9. The molecule has 0 aliphatic carbocycles. The Kier molecular flexibility index (Phi) is 36.9. The zero-order chi connectivity index (χ0) is 40.9. The predicted octanol–water partition coefficient (Wildman–Crippen LogP) is 17.9. The maximum atomic E-state index is 11.9. The van der Waals surface area contributed by atoms with Gasteiger partial charge in [-0.25, -0.2) is 0 Å². The summed E-state index contributed by atoms with van der Waals surface area (Å²) in [6, 6.07) is 6.04. The number of rotatable bonds is 36. The number of hydrogen-bond donors (Lipinski definition) is 1. The van der Waals surface area contributed by atoms with Crippen molar-refractivity contribution in [2.24, 2.45) is 0 Å². The van der Waals surface area contributed by atoms with E-state index in [0.29, 0.717) is 19.0 Å². The molecule has 0 bridgehead atoms. The summed E-state index contributed by atoms with van der Waals surface area (Å²) >= 11 is 0. The molecule has 1 aromatic rings. The number of benzene rings is 1. The van der Waals surface area contributed by atoms with E-state index in [1.165, 1.54) is 193 Å². The van der Waals surface area contributed by atoms with Gasteiger partial charge in [0.2, 0.25) is 0 Å². The highest BCUT2D eigenvalue weighted by molar-refractivity contribution is 7.33. The van der Waals surface area contributed by atoms with Crippen LogP contribution in [0, 0.1) is 0 Å². The van der Waals surface area contributed by atoms with E-state index in [2.05, 4.69) is 55.4 Å². The van der Waals surface area contributed by atoms with Gasteiger partial charge in [0.05, 0.1) is 13.2 Å².